The van der Waals surface area contributed by atoms with Crippen LogP contribution in [0.2, 0.25) is 0 Å². The number of cyclic esters (lactones) is 3. The average molecular weight is 562 g/mol. The van der Waals surface area contributed by atoms with Gasteiger partial charge in [0.1, 0.15) is 18.1 Å². The highest BCUT2D eigenvalue weighted by molar-refractivity contribution is 5.93. The lowest BCUT2D eigenvalue weighted by Crippen LogP contribution is -2.55. The molecule has 1 aliphatic rings. The van der Waals surface area contributed by atoms with Gasteiger partial charge in [-0.05, 0) is 39.5 Å². The first kappa shape index (κ1) is 28.8. The van der Waals surface area contributed by atoms with Crippen LogP contribution < -0.4 is 0 Å². The topological polar surface area (TPSA) is 140 Å². The molecule has 0 radical (unpaired) electrons. The fraction of sp³-hybridized carbons (Fsp3) is 0.778. The minimum Gasteiger partial charge on any atom is -0.451 e. The quantitative estimate of drug-likeness (QED) is 0.368. The summed E-state index contributed by atoms with van der Waals surface area (Å²) < 4.78 is 40.2. The number of ether oxygens (including phenoxy) is 3. The van der Waals surface area contributed by atoms with Crippen molar-refractivity contribution in [2.45, 2.75) is 105 Å². The Labute approximate surface area is 235 Å². The first-order valence-corrected chi connectivity index (χ1v) is 13.2. The Morgan fingerprint density at radius 1 is 0.641 bits per heavy atom. The van der Waals surface area contributed by atoms with E-state index < -0.39 is 90.9 Å². The molecule has 0 saturated carbocycles. The maximum Gasteiger partial charge on any atom is 0.329 e. The lowest BCUT2D eigenvalue weighted by Gasteiger charge is -2.35. The van der Waals surface area contributed by atoms with E-state index in [4.69, 9.17) is 18.3 Å². The van der Waals surface area contributed by atoms with Crippen LogP contribution in [-0.2, 0) is 43.0 Å². The van der Waals surface area contributed by atoms with Gasteiger partial charge >= 0.3 is 17.9 Å². The molecule has 3 amide bonds. The first-order valence-electron chi connectivity index (χ1n) is 14.7. The molecule has 0 aromatic rings. The predicted octanol–water partition coefficient (Wildman–Crippen LogP) is 1.39. The highest BCUT2D eigenvalue weighted by Crippen LogP contribution is 2.21. The lowest BCUT2D eigenvalue weighted by molar-refractivity contribution is -0.176. The molecule has 1 rings (SSSR count). The van der Waals surface area contributed by atoms with Gasteiger partial charge in [0, 0.05) is 25.2 Å². The van der Waals surface area contributed by atoms with Crippen LogP contribution in [0.15, 0.2) is 0 Å². The Balaban J connectivity index is 3.77. The van der Waals surface area contributed by atoms with Crippen molar-refractivity contribution in [2.75, 3.05) is 21.1 Å². The summed E-state index contributed by atoms with van der Waals surface area (Å²) >= 11 is 0. The van der Waals surface area contributed by atoms with Gasteiger partial charge in [-0.2, -0.15) is 0 Å². The number of carbonyl (C=O) groups excluding carboxylic acids is 6. The number of esters is 3. The van der Waals surface area contributed by atoms with Gasteiger partial charge in [0.2, 0.25) is 0 Å². The molecule has 222 valence electrons. The third-order valence-electron chi connectivity index (χ3n) is 7.32. The van der Waals surface area contributed by atoms with Gasteiger partial charge in [-0.3, -0.25) is 14.4 Å². The fourth-order valence-electron chi connectivity index (χ4n) is 4.12. The third kappa shape index (κ3) is 7.92. The van der Waals surface area contributed by atoms with Gasteiger partial charge in [0.15, 0.2) is 18.3 Å². The maximum absolute atomic E-state index is 13.5. The molecule has 0 spiro atoms. The summed E-state index contributed by atoms with van der Waals surface area (Å²) in [5.74, 6) is -6.98. The first-order chi connectivity index (χ1) is 19.2. The monoisotopic (exact) mass is 561 g/mol. The van der Waals surface area contributed by atoms with Gasteiger partial charge in [-0.1, -0.05) is 40.5 Å². The van der Waals surface area contributed by atoms with E-state index in [0.717, 1.165) is 16.7 Å². The van der Waals surface area contributed by atoms with Gasteiger partial charge < -0.3 is 28.9 Å². The zero-order valence-corrected chi connectivity index (χ0v) is 24.5. The molecule has 1 saturated heterocycles. The highest BCUT2D eigenvalue weighted by Gasteiger charge is 2.41. The SMILES string of the molecule is [3H]C([3H])([3H])N1C(=O)[C@@H](C)OC(=O)[C@H](C)N(C)C(=O)[C@@H](C)OC(=O)[C@H]([C@@H](C)CC)N(C)C(=O)[C@@H](C)OC(=O)[C@@H]1[C@@H](C)CC. The molecular weight excluding hydrogens is 510 g/mol. The lowest BCUT2D eigenvalue weighted by atomic mass is 9.97. The van der Waals surface area contributed by atoms with Crippen LogP contribution in [-0.4, -0.2) is 108 Å². The van der Waals surface area contributed by atoms with Gasteiger partial charge in [-0.25, -0.2) is 14.4 Å². The van der Waals surface area contributed by atoms with Gasteiger partial charge in [0.25, 0.3) is 17.7 Å². The molecule has 1 heterocycles. The van der Waals surface area contributed by atoms with Crippen LogP contribution >= 0.6 is 0 Å². The molecular formula is C27H45N3O9. The standard InChI is InChI=1S/C27H45N3O9/c1-12-14(3)20-26(35)38-17(6)22(31)28(9)16(5)25(34)37-18(7)23(32)29(10)21(15(4)13-2)27(36)39-19(8)24(33)30(20)11/h14-21H,12-13H2,1-11H3/t14-,15-,16-,17+,18+,19+,20-,21-/m0/s1/i10T3. The van der Waals surface area contributed by atoms with E-state index in [1.165, 1.54) is 41.8 Å². The number of amides is 3. The van der Waals surface area contributed by atoms with E-state index in [-0.39, 0.29) is 6.42 Å². The molecule has 0 unspecified atom stereocenters. The second-order valence-electron chi connectivity index (χ2n) is 10.2. The van der Waals surface area contributed by atoms with Crippen LogP contribution in [0.5, 0.6) is 0 Å². The van der Waals surface area contributed by atoms with E-state index in [9.17, 15) is 28.8 Å². The second kappa shape index (κ2) is 14.3. The second-order valence-corrected chi connectivity index (χ2v) is 10.2. The van der Waals surface area contributed by atoms with Crippen LogP contribution in [0.1, 0.15) is 72.3 Å². The minimum atomic E-state index is -3.16. The minimum absolute atomic E-state index is 0.250. The Morgan fingerprint density at radius 3 is 1.36 bits per heavy atom. The highest BCUT2D eigenvalue weighted by atomic mass is 16.6. The van der Waals surface area contributed by atoms with Crippen molar-refractivity contribution in [3.63, 3.8) is 0 Å². The number of carbonyl (C=O) groups is 6. The Bertz CT molecular complexity index is 1040. The van der Waals surface area contributed by atoms with E-state index in [0.29, 0.717) is 11.3 Å². The van der Waals surface area contributed by atoms with Crippen molar-refractivity contribution in [3.8, 4) is 0 Å². The summed E-state index contributed by atoms with van der Waals surface area (Å²) in [6, 6.07) is -4.11. The molecule has 1 aliphatic heterocycles. The zero-order valence-electron chi connectivity index (χ0n) is 27.5. The Hall–Kier alpha value is -3.18. The Kier molecular flexibility index (Phi) is 10.5. The van der Waals surface area contributed by atoms with Crippen LogP contribution in [0.3, 0.4) is 0 Å². The van der Waals surface area contributed by atoms with Crippen molar-refractivity contribution in [3.05, 3.63) is 0 Å². The van der Waals surface area contributed by atoms with Crippen LogP contribution in [0.4, 0.5) is 0 Å². The summed E-state index contributed by atoms with van der Waals surface area (Å²) in [7, 11) is 2.60. The zero-order chi connectivity index (χ0) is 32.9. The van der Waals surface area contributed by atoms with E-state index >= 15 is 0 Å². The molecule has 0 aromatic carbocycles. The summed E-state index contributed by atoms with van der Waals surface area (Å²) in [4.78, 5) is 81.9. The molecule has 0 aliphatic carbocycles. The van der Waals surface area contributed by atoms with Gasteiger partial charge in [-0.15, -0.1) is 0 Å². The summed E-state index contributed by atoms with van der Waals surface area (Å²) in [6.07, 6.45) is -3.81. The molecule has 8 atom stereocenters. The number of rotatable bonds is 4. The van der Waals surface area contributed by atoms with E-state index in [1.807, 2.05) is 0 Å². The predicted molar refractivity (Wildman–Crippen MR) is 141 cm³/mol. The van der Waals surface area contributed by atoms with Crippen molar-refractivity contribution in [2.24, 2.45) is 11.8 Å². The molecule has 12 nitrogen and oxygen atoms in total. The smallest absolute Gasteiger partial charge is 0.329 e. The number of hydrogen-bond donors (Lipinski definition) is 0. The van der Waals surface area contributed by atoms with Crippen molar-refractivity contribution >= 4 is 35.6 Å². The maximum atomic E-state index is 13.5. The number of nitrogens with zero attached hydrogens (tertiary/aromatic N) is 3. The Morgan fingerprint density at radius 2 is 0.974 bits per heavy atom. The fourth-order valence-corrected chi connectivity index (χ4v) is 4.12. The molecule has 0 N–H and O–H groups in total. The molecule has 0 bridgehead atoms. The largest absolute Gasteiger partial charge is 0.451 e. The van der Waals surface area contributed by atoms with Crippen LogP contribution in [0, 0.1) is 11.8 Å². The summed E-state index contributed by atoms with van der Waals surface area (Å²) in [6.45, 7) is 8.58. The molecule has 12 heteroatoms. The normalized spacial score (nSPS) is 32.2. The van der Waals surface area contributed by atoms with Crippen molar-refractivity contribution in [1.82, 2.24) is 14.7 Å². The molecule has 1 fully saturated rings. The summed E-state index contributed by atoms with van der Waals surface area (Å²) in [5, 5.41) is 0. The van der Waals surface area contributed by atoms with Gasteiger partial charge in [0.05, 0.1) is 0 Å². The number of hydrogen-bond acceptors (Lipinski definition) is 9. The summed E-state index contributed by atoms with van der Waals surface area (Å²) in [5.41, 5.74) is 0. The van der Waals surface area contributed by atoms with E-state index in [2.05, 4.69) is 0 Å². The van der Waals surface area contributed by atoms with Crippen LogP contribution in [0.25, 0.3) is 0 Å². The molecule has 0 aromatic heterocycles. The van der Waals surface area contributed by atoms with Crippen molar-refractivity contribution in [1.29, 1.82) is 0 Å². The number of likely N-dealkylation sites (N-methyl/N-ethyl adjacent to an activating group) is 3. The van der Waals surface area contributed by atoms with E-state index in [1.54, 1.807) is 20.8 Å². The molecule has 39 heavy (non-hydrogen) atoms. The third-order valence-corrected chi connectivity index (χ3v) is 7.32. The average Bonchev–Trinajstić information content (AvgIpc) is 2.91. The van der Waals surface area contributed by atoms with Crippen molar-refractivity contribution < 1.29 is 47.1 Å².